The monoisotopic (exact) mass is 143 g/mol. The van der Waals surface area contributed by atoms with Gasteiger partial charge < -0.3 is 16.4 Å². The van der Waals surface area contributed by atoms with Crippen molar-refractivity contribution in [2.24, 2.45) is 0 Å². The van der Waals surface area contributed by atoms with Crippen molar-refractivity contribution in [3.05, 3.63) is 0 Å². The van der Waals surface area contributed by atoms with Gasteiger partial charge >= 0.3 is 20.0 Å². The van der Waals surface area contributed by atoms with Gasteiger partial charge in [-0.05, 0) is 0 Å². The second-order valence-electron chi connectivity index (χ2n) is 0. The van der Waals surface area contributed by atoms with Crippen molar-refractivity contribution in [1.82, 2.24) is 0 Å². The first-order valence-corrected chi connectivity index (χ1v) is 0.707. The molecule has 4 nitrogen and oxygen atoms in total. The molecule has 6 N–H and O–H groups in total. The first-order chi connectivity index (χ1) is 1.00. The average molecular weight is 143 g/mol. The topological polar surface area (TPSA) is 112 Å². The zero-order valence-electron chi connectivity index (χ0n) is 3.06. The molecule has 0 saturated heterocycles. The van der Waals surface area contributed by atoms with E-state index in [1.165, 1.54) is 16.2 Å². The van der Waals surface area contributed by atoms with E-state index in [-0.39, 0.29) is 42.6 Å². The molecule has 46 valence electrons. The third-order valence-electron chi connectivity index (χ3n) is 0. The number of rotatable bonds is 0. The van der Waals surface area contributed by atoms with Crippen molar-refractivity contribution in [2.45, 2.75) is 7.43 Å². The van der Waals surface area contributed by atoms with E-state index in [2.05, 4.69) is 0 Å². The Morgan fingerprint density at radius 1 is 1.00 bits per heavy atom. The molecule has 0 saturated carbocycles. The maximum atomic E-state index is 8.17. The number of hydrogen-bond donors (Lipinski definition) is 0. The first kappa shape index (κ1) is 116. The molecule has 0 amide bonds. The SMILES string of the molecule is C.O.O.O.[2HH].[Al].[O]=[Al]. The van der Waals surface area contributed by atoms with Crippen molar-refractivity contribution in [3.63, 3.8) is 0 Å². The summed E-state index contributed by atoms with van der Waals surface area (Å²) in [6.07, 6.45) is 0. The van der Waals surface area contributed by atoms with Crippen LogP contribution in [-0.2, 0) is 3.80 Å². The van der Waals surface area contributed by atoms with E-state index in [4.69, 9.17) is 3.80 Å². The van der Waals surface area contributed by atoms with E-state index in [0.29, 0.717) is 0 Å². The van der Waals surface area contributed by atoms with Crippen LogP contribution in [0, 0.1) is 0 Å². The molecule has 0 bridgehead atoms. The third-order valence-corrected chi connectivity index (χ3v) is 0. The summed E-state index contributed by atoms with van der Waals surface area (Å²) in [5.74, 6) is 0. The molecule has 7 heavy (non-hydrogen) atoms. The Morgan fingerprint density at radius 3 is 1.00 bits per heavy atom. The van der Waals surface area contributed by atoms with Gasteiger partial charge in [0.25, 0.3) is 0 Å². The van der Waals surface area contributed by atoms with E-state index in [9.17, 15) is 0 Å². The molecule has 0 aliphatic rings. The van der Waals surface area contributed by atoms with Crippen LogP contribution in [-0.4, -0.2) is 50.0 Å². The van der Waals surface area contributed by atoms with Gasteiger partial charge in [0.15, 0.2) is 0 Å². The molecule has 0 aromatic carbocycles. The predicted molar refractivity (Wildman–Crippen MR) is 31.9 cm³/mol. The minimum absolute atomic E-state index is 0. The molecule has 0 fully saturated rings. The van der Waals surface area contributed by atoms with Crippen LogP contribution < -0.4 is 0 Å². The van der Waals surface area contributed by atoms with Gasteiger partial charge in [-0.15, -0.1) is 0 Å². The molecule has 0 atom stereocenters. The van der Waals surface area contributed by atoms with Gasteiger partial charge in [-0.25, -0.2) is 0 Å². The predicted octanol–water partition coefficient (Wildman–Crippen LogP) is -2.47. The van der Waals surface area contributed by atoms with Crippen molar-refractivity contribution in [1.29, 1.82) is 0 Å². The standard InChI is InChI=1S/CH4.2Al.3H2O.O.H2/h1H4;;;3*1H2;;1H/i;;;;;;;1+1. The van der Waals surface area contributed by atoms with Crippen molar-refractivity contribution < 1.29 is 21.7 Å². The Hall–Kier alpha value is 0.745. The maximum absolute atomic E-state index is 8.17. The van der Waals surface area contributed by atoms with E-state index in [0.717, 1.165) is 0 Å². The fourth-order valence-corrected chi connectivity index (χ4v) is 0. The van der Waals surface area contributed by atoms with Crippen LogP contribution in [0.3, 0.4) is 0 Å². The minimum atomic E-state index is 0. The summed E-state index contributed by atoms with van der Waals surface area (Å²) in [6, 6.07) is 0. The van der Waals surface area contributed by atoms with Crippen LogP contribution in [0.4, 0.5) is 0 Å². The van der Waals surface area contributed by atoms with Crippen LogP contribution >= 0.6 is 0 Å². The van der Waals surface area contributed by atoms with Crippen molar-refractivity contribution >= 4 is 33.6 Å². The summed E-state index contributed by atoms with van der Waals surface area (Å²) in [4.78, 5) is 0. The second-order valence-corrected chi connectivity index (χ2v) is 0. The van der Waals surface area contributed by atoms with E-state index < -0.39 is 0 Å². The Bertz CT molecular complexity index is 14.0. The fraction of sp³-hybridized carbons (Fsp3) is 1.00. The summed E-state index contributed by atoms with van der Waals surface area (Å²) in [5.41, 5.74) is 0. The van der Waals surface area contributed by atoms with Crippen LogP contribution in [0.15, 0.2) is 0 Å². The fourth-order valence-electron chi connectivity index (χ4n) is 0. The second kappa shape index (κ2) is 401. The van der Waals surface area contributed by atoms with E-state index in [1.807, 2.05) is 0 Å². The summed E-state index contributed by atoms with van der Waals surface area (Å²) in [7, 11) is 0. The van der Waals surface area contributed by atoms with Gasteiger partial charge in [-0.3, -0.25) is 0 Å². The Balaban J connectivity index is -0.000000000333. The molecular weight excluding hydrogens is 130 g/mol. The van der Waals surface area contributed by atoms with E-state index in [1.54, 1.807) is 0 Å². The quantitative estimate of drug-likeness (QED) is 0.343. The molecule has 0 aliphatic heterocycles. The Morgan fingerprint density at radius 2 is 1.00 bits per heavy atom. The van der Waals surface area contributed by atoms with Gasteiger partial charge in [0.2, 0.25) is 0 Å². The Labute approximate surface area is 63.1 Å². The van der Waals surface area contributed by atoms with Crippen LogP contribution in [0.2, 0.25) is 0 Å². The molecule has 0 heterocycles. The normalized spacial score (nSPS) is 0.429. The van der Waals surface area contributed by atoms with Crippen LogP contribution in [0.5, 0.6) is 0 Å². The molecule has 0 spiro atoms. The zero-order valence-corrected chi connectivity index (χ0v) is 5.37. The zero-order chi connectivity index (χ0) is 2.00. The molecule has 0 aromatic rings. The van der Waals surface area contributed by atoms with E-state index >= 15 is 0 Å². The molecule has 0 aromatic heterocycles. The van der Waals surface area contributed by atoms with Gasteiger partial charge in [0, 0.05) is 18.8 Å². The first-order valence-electron chi connectivity index (χ1n) is 0.236. The number of hydrogen-bond acceptors (Lipinski definition) is 1. The summed E-state index contributed by atoms with van der Waals surface area (Å²) in [5, 5.41) is 0. The van der Waals surface area contributed by atoms with Gasteiger partial charge in [-0.2, -0.15) is 0 Å². The summed E-state index contributed by atoms with van der Waals surface area (Å²) >= 11 is 1.17. The molecule has 4 radical (unpaired) electrons. The summed E-state index contributed by atoms with van der Waals surface area (Å²) < 4.78 is 8.17. The van der Waals surface area contributed by atoms with Crippen molar-refractivity contribution in [2.75, 3.05) is 0 Å². The van der Waals surface area contributed by atoms with Crippen molar-refractivity contribution in [3.8, 4) is 0 Å². The van der Waals surface area contributed by atoms with Gasteiger partial charge in [0.05, 0.1) is 0 Å². The Kier molecular flexibility index (Phi) is 6630. The molecular formula is CH12Al2O4. The average Bonchev–Trinajstić information content (AvgIpc) is 1.00. The van der Waals surface area contributed by atoms with Crippen LogP contribution in [0.25, 0.3) is 0 Å². The van der Waals surface area contributed by atoms with Gasteiger partial charge in [-0.1, -0.05) is 7.43 Å². The third kappa shape index (κ3) is 274. The summed E-state index contributed by atoms with van der Waals surface area (Å²) in [6.45, 7) is 0. The molecule has 0 unspecified atom stereocenters. The molecule has 0 aliphatic carbocycles. The molecule has 6 heteroatoms. The van der Waals surface area contributed by atoms with Crippen LogP contribution in [0.1, 0.15) is 8.85 Å². The van der Waals surface area contributed by atoms with Gasteiger partial charge in [0.1, 0.15) is 0 Å². The molecule has 0 rings (SSSR count).